The van der Waals surface area contributed by atoms with E-state index in [4.69, 9.17) is 0 Å². The molecule has 2 heterocycles. The first-order chi connectivity index (χ1) is 18.4. The summed E-state index contributed by atoms with van der Waals surface area (Å²) in [6.07, 6.45) is 2.87. The SMILES string of the molecule is Cc1ccc(Nc2nc(Nc3cc(F)c(N4CCN(C)CC4)c(F)c3)ncc2C)cc1NS(=O)(=O)C1(C)CC1. The molecular weight excluding hydrogens is 524 g/mol. The maximum atomic E-state index is 15.0. The third-order valence-electron chi connectivity index (χ3n) is 7.41. The number of benzene rings is 2. The molecule has 2 aromatic carbocycles. The number of rotatable bonds is 8. The number of nitrogens with one attached hydrogen (secondary N) is 3. The molecule has 0 spiro atoms. The number of nitrogens with zero attached hydrogens (tertiary/aromatic N) is 4. The van der Waals surface area contributed by atoms with Crippen LogP contribution in [0.2, 0.25) is 0 Å². The number of aromatic nitrogens is 2. The zero-order valence-electron chi connectivity index (χ0n) is 22.5. The minimum atomic E-state index is -3.50. The molecule has 1 aromatic heterocycles. The molecule has 39 heavy (non-hydrogen) atoms. The van der Waals surface area contributed by atoms with E-state index in [0.29, 0.717) is 43.1 Å². The van der Waals surface area contributed by atoms with Crippen LogP contribution in [0.3, 0.4) is 0 Å². The number of anilines is 6. The fourth-order valence-corrected chi connectivity index (χ4v) is 5.78. The minimum Gasteiger partial charge on any atom is -0.364 e. The number of sulfonamides is 1. The predicted octanol–water partition coefficient (Wildman–Crippen LogP) is 4.90. The van der Waals surface area contributed by atoms with Crippen LogP contribution in [0.4, 0.5) is 43.3 Å². The van der Waals surface area contributed by atoms with E-state index in [0.717, 1.165) is 24.2 Å². The monoisotopic (exact) mass is 557 g/mol. The molecule has 5 rings (SSSR count). The number of hydrogen-bond donors (Lipinski definition) is 3. The highest BCUT2D eigenvalue weighted by atomic mass is 32.2. The summed E-state index contributed by atoms with van der Waals surface area (Å²) >= 11 is 0. The van der Waals surface area contributed by atoms with Crippen LogP contribution in [0.25, 0.3) is 0 Å². The lowest BCUT2D eigenvalue weighted by atomic mass is 10.2. The molecule has 0 atom stereocenters. The largest absolute Gasteiger partial charge is 0.364 e. The summed E-state index contributed by atoms with van der Waals surface area (Å²) in [5.74, 6) is -0.678. The first-order valence-electron chi connectivity index (χ1n) is 12.9. The van der Waals surface area contributed by atoms with E-state index in [2.05, 4.69) is 30.2 Å². The molecule has 3 aromatic rings. The van der Waals surface area contributed by atoms with Crippen molar-refractivity contribution < 1.29 is 17.2 Å². The first kappa shape index (κ1) is 27.1. The van der Waals surface area contributed by atoms with Gasteiger partial charge in [-0.15, -0.1) is 0 Å². The molecule has 2 aliphatic rings. The van der Waals surface area contributed by atoms with Crippen LogP contribution >= 0.6 is 0 Å². The highest BCUT2D eigenvalue weighted by Gasteiger charge is 2.50. The molecule has 1 aliphatic heterocycles. The molecule has 0 amide bonds. The van der Waals surface area contributed by atoms with Crippen molar-refractivity contribution in [2.75, 3.05) is 53.5 Å². The maximum Gasteiger partial charge on any atom is 0.238 e. The van der Waals surface area contributed by atoms with Crippen LogP contribution in [-0.2, 0) is 10.0 Å². The maximum absolute atomic E-state index is 15.0. The Kier molecular flexibility index (Phi) is 7.10. The van der Waals surface area contributed by atoms with Gasteiger partial charge >= 0.3 is 0 Å². The topological polar surface area (TPSA) is 102 Å². The van der Waals surface area contributed by atoms with Crippen molar-refractivity contribution in [1.82, 2.24) is 14.9 Å². The molecule has 0 bridgehead atoms. The normalized spacial score (nSPS) is 17.1. The van der Waals surface area contributed by atoms with Gasteiger partial charge in [0.15, 0.2) is 11.6 Å². The van der Waals surface area contributed by atoms with Crippen LogP contribution < -0.4 is 20.3 Å². The third kappa shape index (κ3) is 5.76. The fourth-order valence-electron chi connectivity index (χ4n) is 4.39. The summed E-state index contributed by atoms with van der Waals surface area (Å²) in [6, 6.07) is 7.84. The van der Waals surface area contributed by atoms with Crippen LogP contribution in [0.15, 0.2) is 36.5 Å². The highest BCUT2D eigenvalue weighted by Crippen LogP contribution is 2.43. The molecule has 12 heteroatoms. The Bertz CT molecular complexity index is 1480. The molecule has 1 saturated heterocycles. The van der Waals surface area contributed by atoms with Crippen molar-refractivity contribution in [3.8, 4) is 0 Å². The van der Waals surface area contributed by atoms with Gasteiger partial charge < -0.3 is 20.4 Å². The fraction of sp³-hybridized carbons (Fsp3) is 0.407. The standard InChI is InChI=1S/C27H33F2N7O2S/c1-17-5-6-19(15-23(17)34-39(37,38)27(3)7-8-27)31-25-18(2)16-30-26(33-25)32-20-13-21(28)24(22(29)14-20)36-11-9-35(4)10-12-36/h5-6,13-16,34H,7-12H2,1-4H3,(H2,30,31,32,33). The van der Waals surface area contributed by atoms with Crippen molar-refractivity contribution in [2.24, 2.45) is 0 Å². The quantitative estimate of drug-likeness (QED) is 0.359. The lowest BCUT2D eigenvalue weighted by Crippen LogP contribution is -2.45. The Morgan fingerprint density at radius 1 is 0.923 bits per heavy atom. The molecule has 0 unspecified atom stereocenters. The minimum absolute atomic E-state index is 0.0256. The molecule has 3 N–H and O–H groups in total. The number of piperazine rings is 1. The third-order valence-corrected chi connectivity index (χ3v) is 9.61. The lowest BCUT2D eigenvalue weighted by molar-refractivity contribution is 0.310. The van der Waals surface area contributed by atoms with E-state index in [-0.39, 0.29) is 17.3 Å². The van der Waals surface area contributed by atoms with E-state index in [1.54, 1.807) is 24.1 Å². The number of aryl methyl sites for hydroxylation is 2. The van der Waals surface area contributed by atoms with Gasteiger partial charge in [0.05, 0.1) is 10.4 Å². The molecule has 208 valence electrons. The van der Waals surface area contributed by atoms with E-state index in [9.17, 15) is 17.2 Å². The first-order valence-corrected chi connectivity index (χ1v) is 14.4. The summed E-state index contributed by atoms with van der Waals surface area (Å²) in [7, 11) is -1.52. The van der Waals surface area contributed by atoms with Crippen molar-refractivity contribution >= 4 is 44.5 Å². The Morgan fingerprint density at radius 3 is 2.23 bits per heavy atom. The Hall–Kier alpha value is -3.51. The molecule has 1 aliphatic carbocycles. The van der Waals surface area contributed by atoms with Gasteiger partial charge in [0.1, 0.15) is 11.5 Å². The van der Waals surface area contributed by atoms with Crippen molar-refractivity contribution in [3.63, 3.8) is 0 Å². The van der Waals surface area contributed by atoms with Gasteiger partial charge in [-0.05, 0) is 70.5 Å². The van der Waals surface area contributed by atoms with Gasteiger partial charge in [0.25, 0.3) is 0 Å². The van der Waals surface area contributed by atoms with Crippen LogP contribution in [-0.4, -0.2) is 61.3 Å². The smallest absolute Gasteiger partial charge is 0.238 e. The second kappa shape index (κ2) is 10.2. The second-order valence-corrected chi connectivity index (χ2v) is 12.8. The van der Waals surface area contributed by atoms with E-state index in [1.165, 1.54) is 12.1 Å². The van der Waals surface area contributed by atoms with Gasteiger partial charge in [-0.2, -0.15) is 4.98 Å². The summed E-state index contributed by atoms with van der Waals surface area (Å²) in [4.78, 5) is 12.6. The highest BCUT2D eigenvalue weighted by molar-refractivity contribution is 7.94. The zero-order valence-corrected chi connectivity index (χ0v) is 23.3. The van der Waals surface area contributed by atoms with Gasteiger partial charge in [0.2, 0.25) is 16.0 Å². The zero-order chi connectivity index (χ0) is 27.9. The Balaban J connectivity index is 1.33. The molecule has 1 saturated carbocycles. The van der Waals surface area contributed by atoms with Crippen molar-refractivity contribution in [1.29, 1.82) is 0 Å². The van der Waals surface area contributed by atoms with E-state index >= 15 is 0 Å². The average molecular weight is 558 g/mol. The van der Waals surface area contributed by atoms with Crippen LogP contribution in [0, 0.1) is 25.5 Å². The lowest BCUT2D eigenvalue weighted by Gasteiger charge is -2.34. The predicted molar refractivity (Wildman–Crippen MR) is 151 cm³/mol. The van der Waals surface area contributed by atoms with E-state index in [1.807, 2.05) is 33.0 Å². The van der Waals surface area contributed by atoms with Crippen molar-refractivity contribution in [2.45, 2.75) is 38.4 Å². The Labute approximate surface area is 227 Å². The molecular formula is C27H33F2N7O2S. The van der Waals surface area contributed by atoms with Gasteiger partial charge in [0, 0.05) is 49.3 Å². The molecule has 2 fully saturated rings. The van der Waals surface area contributed by atoms with Crippen LogP contribution in [0.5, 0.6) is 0 Å². The Morgan fingerprint density at radius 2 is 1.59 bits per heavy atom. The average Bonchev–Trinajstić information content (AvgIpc) is 3.63. The van der Waals surface area contributed by atoms with Gasteiger partial charge in [-0.3, -0.25) is 4.72 Å². The van der Waals surface area contributed by atoms with Crippen molar-refractivity contribution in [3.05, 3.63) is 59.3 Å². The van der Waals surface area contributed by atoms with E-state index < -0.39 is 26.4 Å². The number of likely N-dealkylation sites (N-methyl/N-ethyl adjacent to an activating group) is 1. The second-order valence-electron chi connectivity index (χ2n) is 10.6. The summed E-state index contributed by atoms with van der Waals surface area (Å²) in [6.45, 7) is 7.97. The van der Waals surface area contributed by atoms with Gasteiger partial charge in [-0.1, -0.05) is 6.07 Å². The number of halogens is 2. The molecule has 0 radical (unpaired) electrons. The van der Waals surface area contributed by atoms with Gasteiger partial charge in [-0.25, -0.2) is 22.2 Å². The summed E-state index contributed by atoms with van der Waals surface area (Å²) in [5, 5.41) is 6.09. The molecule has 9 nitrogen and oxygen atoms in total. The number of hydrogen-bond acceptors (Lipinski definition) is 8. The summed E-state index contributed by atoms with van der Waals surface area (Å²) < 4.78 is 57.4. The van der Waals surface area contributed by atoms with Crippen LogP contribution in [0.1, 0.15) is 30.9 Å². The summed E-state index contributed by atoms with van der Waals surface area (Å²) in [5.41, 5.74) is 2.81.